The summed E-state index contributed by atoms with van der Waals surface area (Å²) in [5.41, 5.74) is 7.02. The van der Waals surface area contributed by atoms with Crippen LogP contribution in [0.3, 0.4) is 0 Å². The number of nitrogens with zero attached hydrogens (tertiary/aromatic N) is 3. The van der Waals surface area contributed by atoms with Crippen LogP contribution in [0.2, 0.25) is 0 Å². The molecule has 0 aliphatic carbocycles. The SMILES string of the molecule is COC(=O)C[C@]1(N=[N+]=[N-])O[C@@H]2OC(C)(C)O[C@@H]2[C@H]1OC(C)=O. The monoisotopic (exact) mass is 315 g/mol. The Labute approximate surface area is 126 Å². The second-order valence-corrected chi connectivity index (χ2v) is 5.40. The van der Waals surface area contributed by atoms with Gasteiger partial charge >= 0.3 is 11.9 Å². The average Bonchev–Trinajstić information content (AvgIpc) is 2.81. The van der Waals surface area contributed by atoms with E-state index in [9.17, 15) is 9.59 Å². The molecule has 2 rings (SSSR count). The number of azide groups is 1. The van der Waals surface area contributed by atoms with Gasteiger partial charge in [-0.3, -0.25) is 9.59 Å². The molecule has 0 radical (unpaired) electrons. The van der Waals surface area contributed by atoms with E-state index in [4.69, 9.17) is 24.5 Å². The van der Waals surface area contributed by atoms with E-state index in [-0.39, 0.29) is 0 Å². The van der Waals surface area contributed by atoms with Crippen LogP contribution in [0, 0.1) is 0 Å². The Morgan fingerprint density at radius 1 is 1.32 bits per heavy atom. The molecular weight excluding hydrogens is 298 g/mol. The first-order valence-corrected chi connectivity index (χ1v) is 6.57. The number of methoxy groups -OCH3 is 1. The van der Waals surface area contributed by atoms with Crippen LogP contribution >= 0.6 is 0 Å². The summed E-state index contributed by atoms with van der Waals surface area (Å²) in [7, 11) is 1.18. The predicted molar refractivity (Wildman–Crippen MR) is 69.0 cm³/mol. The lowest BCUT2D eigenvalue weighted by molar-refractivity contribution is -0.243. The van der Waals surface area contributed by atoms with Crippen LogP contribution in [-0.4, -0.2) is 49.1 Å². The van der Waals surface area contributed by atoms with Crippen molar-refractivity contribution in [3.8, 4) is 0 Å². The van der Waals surface area contributed by atoms with Crippen molar-refractivity contribution in [2.24, 2.45) is 5.11 Å². The Hall–Kier alpha value is -1.87. The van der Waals surface area contributed by atoms with Crippen LogP contribution in [-0.2, 0) is 33.3 Å². The molecule has 0 saturated carbocycles. The highest BCUT2D eigenvalue weighted by molar-refractivity contribution is 5.71. The van der Waals surface area contributed by atoms with Crippen LogP contribution < -0.4 is 0 Å². The Balaban J connectivity index is 2.37. The second kappa shape index (κ2) is 5.73. The van der Waals surface area contributed by atoms with Gasteiger partial charge in [0.2, 0.25) is 0 Å². The van der Waals surface area contributed by atoms with Crippen LogP contribution in [0.15, 0.2) is 5.11 Å². The zero-order valence-electron chi connectivity index (χ0n) is 12.6. The zero-order chi connectivity index (χ0) is 16.5. The van der Waals surface area contributed by atoms with E-state index >= 15 is 0 Å². The molecule has 2 heterocycles. The fourth-order valence-electron chi connectivity index (χ4n) is 2.53. The van der Waals surface area contributed by atoms with Gasteiger partial charge < -0.3 is 23.7 Å². The summed E-state index contributed by atoms with van der Waals surface area (Å²) < 4.78 is 26.5. The molecule has 0 aromatic heterocycles. The molecule has 10 heteroatoms. The number of hydrogen-bond donors (Lipinski definition) is 0. The Kier molecular flexibility index (Phi) is 4.30. The van der Waals surface area contributed by atoms with E-state index in [1.54, 1.807) is 13.8 Å². The summed E-state index contributed by atoms with van der Waals surface area (Å²) in [5, 5.41) is 3.53. The van der Waals surface area contributed by atoms with Crippen molar-refractivity contribution in [1.29, 1.82) is 0 Å². The summed E-state index contributed by atoms with van der Waals surface area (Å²) in [6, 6.07) is 0. The molecule has 22 heavy (non-hydrogen) atoms. The number of ether oxygens (including phenoxy) is 5. The molecule has 0 amide bonds. The Morgan fingerprint density at radius 3 is 2.55 bits per heavy atom. The average molecular weight is 315 g/mol. The number of fused-ring (bicyclic) bond motifs is 1. The van der Waals surface area contributed by atoms with E-state index in [1.165, 1.54) is 14.0 Å². The number of esters is 2. The first-order valence-electron chi connectivity index (χ1n) is 6.57. The van der Waals surface area contributed by atoms with Gasteiger partial charge in [0.05, 0.1) is 13.5 Å². The standard InChI is InChI=1S/C12H17N3O7/c1-6(16)19-9-8-10(21-11(2,3)20-8)22-12(9,14-15-13)5-7(17)18-4/h8-10H,5H2,1-4H3/t8-,9-,10+,12+/m1/s1. The minimum Gasteiger partial charge on any atom is -0.469 e. The van der Waals surface area contributed by atoms with Crippen molar-refractivity contribution in [3.05, 3.63) is 10.4 Å². The molecule has 2 aliphatic heterocycles. The van der Waals surface area contributed by atoms with Crippen LogP contribution in [0.5, 0.6) is 0 Å². The number of hydrogen-bond acceptors (Lipinski definition) is 8. The van der Waals surface area contributed by atoms with Gasteiger partial charge in [-0.1, -0.05) is 5.11 Å². The van der Waals surface area contributed by atoms with Crippen molar-refractivity contribution in [3.63, 3.8) is 0 Å². The van der Waals surface area contributed by atoms with Gasteiger partial charge in [-0.25, -0.2) is 0 Å². The maximum Gasteiger partial charge on any atom is 0.308 e. The van der Waals surface area contributed by atoms with E-state index in [0.717, 1.165) is 0 Å². The van der Waals surface area contributed by atoms with Crippen LogP contribution in [0.4, 0.5) is 0 Å². The molecule has 2 fully saturated rings. The number of rotatable bonds is 4. The van der Waals surface area contributed by atoms with Crippen molar-refractivity contribution in [2.45, 2.75) is 57.2 Å². The zero-order valence-corrected chi connectivity index (χ0v) is 12.6. The maximum absolute atomic E-state index is 11.6. The van der Waals surface area contributed by atoms with E-state index in [2.05, 4.69) is 14.8 Å². The maximum atomic E-state index is 11.6. The Bertz CT molecular complexity index is 531. The van der Waals surface area contributed by atoms with Gasteiger partial charge in [0.1, 0.15) is 0 Å². The normalized spacial score (nSPS) is 35.4. The summed E-state index contributed by atoms with van der Waals surface area (Å²) in [4.78, 5) is 25.7. The number of carbonyl (C=O) groups excluding carboxylic acids is 2. The third kappa shape index (κ3) is 3.00. The lowest BCUT2D eigenvalue weighted by atomic mass is 10.0. The molecule has 0 spiro atoms. The lowest BCUT2D eigenvalue weighted by Gasteiger charge is -2.31. The molecule has 10 nitrogen and oxygen atoms in total. The van der Waals surface area contributed by atoms with E-state index in [0.29, 0.717) is 0 Å². The molecule has 0 N–H and O–H groups in total. The van der Waals surface area contributed by atoms with Gasteiger partial charge in [-0.05, 0) is 19.4 Å². The minimum atomic E-state index is -1.78. The third-order valence-corrected chi connectivity index (χ3v) is 3.28. The molecule has 0 aromatic carbocycles. The van der Waals surface area contributed by atoms with Crippen LogP contribution in [0.1, 0.15) is 27.2 Å². The number of carbonyl (C=O) groups is 2. The molecule has 2 saturated heterocycles. The predicted octanol–water partition coefficient (Wildman–Crippen LogP) is 0.996. The smallest absolute Gasteiger partial charge is 0.308 e. The van der Waals surface area contributed by atoms with E-state index < -0.39 is 48.4 Å². The van der Waals surface area contributed by atoms with Crippen LogP contribution in [0.25, 0.3) is 10.4 Å². The molecule has 0 aromatic rings. The van der Waals surface area contributed by atoms with E-state index in [1.807, 2.05) is 0 Å². The van der Waals surface area contributed by atoms with Crippen molar-refractivity contribution in [2.75, 3.05) is 7.11 Å². The lowest BCUT2D eigenvalue weighted by Crippen LogP contribution is -2.47. The van der Waals surface area contributed by atoms with Gasteiger partial charge in [0.25, 0.3) is 0 Å². The molecule has 0 unspecified atom stereocenters. The van der Waals surface area contributed by atoms with Crippen molar-refractivity contribution < 1.29 is 33.3 Å². The van der Waals surface area contributed by atoms with Crippen molar-refractivity contribution in [1.82, 2.24) is 0 Å². The van der Waals surface area contributed by atoms with Gasteiger partial charge in [0, 0.05) is 11.8 Å². The highest BCUT2D eigenvalue weighted by Crippen LogP contribution is 2.46. The van der Waals surface area contributed by atoms with Crippen molar-refractivity contribution >= 4 is 11.9 Å². The Morgan fingerprint density at radius 2 is 2.00 bits per heavy atom. The fourth-order valence-corrected chi connectivity index (χ4v) is 2.53. The first kappa shape index (κ1) is 16.5. The highest BCUT2D eigenvalue weighted by Gasteiger charge is 2.64. The topological polar surface area (TPSA) is 129 Å². The largest absolute Gasteiger partial charge is 0.469 e. The molecule has 4 atom stereocenters. The quantitative estimate of drug-likeness (QED) is 0.327. The minimum absolute atomic E-state index is 0.439. The third-order valence-electron chi connectivity index (χ3n) is 3.28. The molecule has 2 aliphatic rings. The summed E-state index contributed by atoms with van der Waals surface area (Å²) in [6.45, 7) is 4.51. The van der Waals surface area contributed by atoms with Gasteiger partial charge in [0.15, 0.2) is 30.0 Å². The first-order chi connectivity index (χ1) is 10.2. The second-order valence-electron chi connectivity index (χ2n) is 5.40. The fraction of sp³-hybridized carbons (Fsp3) is 0.833. The molecule has 122 valence electrons. The molecular formula is C12H17N3O7. The van der Waals surface area contributed by atoms with Gasteiger partial charge in [-0.2, -0.15) is 0 Å². The highest BCUT2D eigenvalue weighted by atomic mass is 16.8. The summed E-state index contributed by atoms with van der Waals surface area (Å²) in [5.74, 6) is -2.28. The summed E-state index contributed by atoms with van der Waals surface area (Å²) >= 11 is 0. The van der Waals surface area contributed by atoms with Gasteiger partial charge in [-0.15, -0.1) is 0 Å². The molecule has 0 bridgehead atoms. The summed E-state index contributed by atoms with van der Waals surface area (Å²) in [6.07, 6.45) is -3.33.